The van der Waals surface area contributed by atoms with Crippen molar-refractivity contribution in [2.24, 2.45) is 0 Å². The summed E-state index contributed by atoms with van der Waals surface area (Å²) in [5.74, 6) is -0.260. The van der Waals surface area contributed by atoms with E-state index < -0.39 is 11.4 Å². The van der Waals surface area contributed by atoms with E-state index in [0.29, 0.717) is 38.2 Å². The second kappa shape index (κ2) is 5.02. The van der Waals surface area contributed by atoms with Crippen LogP contribution in [-0.4, -0.2) is 24.9 Å². The van der Waals surface area contributed by atoms with Crippen LogP contribution in [0.3, 0.4) is 0 Å². The lowest BCUT2D eigenvalue weighted by Gasteiger charge is -2.32. The Kier molecular flexibility index (Phi) is 3.64. The van der Waals surface area contributed by atoms with Gasteiger partial charge < -0.3 is 14.6 Å². The van der Waals surface area contributed by atoms with E-state index in [2.05, 4.69) is 0 Å². The Balaban J connectivity index is 2.34. The number of hydrogen-bond donors (Lipinski definition) is 1. The third-order valence-electron chi connectivity index (χ3n) is 3.08. The molecule has 1 aliphatic rings. The van der Waals surface area contributed by atoms with Crippen LogP contribution < -0.4 is 4.74 Å². The molecule has 4 heteroatoms. The molecule has 1 saturated heterocycles. The summed E-state index contributed by atoms with van der Waals surface area (Å²) in [5, 5.41) is 10.4. The van der Waals surface area contributed by atoms with Gasteiger partial charge in [-0.3, -0.25) is 0 Å². The highest BCUT2D eigenvalue weighted by Crippen LogP contribution is 2.36. The minimum absolute atomic E-state index is 0.199. The van der Waals surface area contributed by atoms with Crippen molar-refractivity contribution in [2.45, 2.75) is 25.4 Å². The lowest BCUT2D eigenvalue weighted by molar-refractivity contribution is -0.0699. The molecule has 0 unspecified atom stereocenters. The first-order valence-electron chi connectivity index (χ1n) is 5.89. The molecule has 2 rings (SSSR count). The molecular formula is C13H17FO3. The molecule has 3 nitrogen and oxygen atoms in total. The fraction of sp³-hybridized carbons (Fsp3) is 0.538. The highest BCUT2D eigenvalue weighted by Gasteiger charge is 2.35. The van der Waals surface area contributed by atoms with Crippen LogP contribution in [0.25, 0.3) is 0 Å². The van der Waals surface area contributed by atoms with Gasteiger partial charge in [-0.15, -0.1) is 0 Å². The minimum atomic E-state index is -1.13. The van der Waals surface area contributed by atoms with Gasteiger partial charge in [-0.25, -0.2) is 4.39 Å². The predicted molar refractivity (Wildman–Crippen MR) is 61.5 cm³/mol. The van der Waals surface area contributed by atoms with Crippen LogP contribution in [0.1, 0.15) is 25.3 Å². The van der Waals surface area contributed by atoms with Crippen LogP contribution in [0.4, 0.5) is 4.39 Å². The van der Waals surface area contributed by atoms with Gasteiger partial charge in [0.15, 0.2) is 11.6 Å². The fourth-order valence-electron chi connectivity index (χ4n) is 2.12. The summed E-state index contributed by atoms with van der Waals surface area (Å²) in [6.07, 6.45) is 0.832. The van der Waals surface area contributed by atoms with Crippen molar-refractivity contribution < 1.29 is 19.0 Å². The average molecular weight is 240 g/mol. The second-order valence-electron chi connectivity index (χ2n) is 4.19. The number of rotatable bonds is 3. The SMILES string of the molecule is CCOc1cccc(C2(O)CCOCC2)c1F. The predicted octanol–water partition coefficient (Wildman–Crippen LogP) is 2.22. The molecule has 17 heavy (non-hydrogen) atoms. The van der Waals surface area contributed by atoms with Gasteiger partial charge in [-0.05, 0) is 13.0 Å². The normalized spacial score (nSPS) is 19.0. The topological polar surface area (TPSA) is 38.7 Å². The Morgan fingerprint density at radius 1 is 1.41 bits per heavy atom. The average Bonchev–Trinajstić information content (AvgIpc) is 2.33. The van der Waals surface area contributed by atoms with E-state index in [1.807, 2.05) is 0 Å². The zero-order chi connectivity index (χ0) is 12.3. The molecule has 0 spiro atoms. The Morgan fingerprint density at radius 3 is 2.76 bits per heavy atom. The van der Waals surface area contributed by atoms with Crippen LogP contribution in [0.2, 0.25) is 0 Å². The van der Waals surface area contributed by atoms with Crippen molar-refractivity contribution >= 4 is 0 Å². The van der Waals surface area contributed by atoms with Crippen LogP contribution in [0, 0.1) is 5.82 Å². The number of hydrogen-bond acceptors (Lipinski definition) is 3. The smallest absolute Gasteiger partial charge is 0.171 e. The number of benzene rings is 1. The molecule has 0 bridgehead atoms. The van der Waals surface area contributed by atoms with Crippen LogP contribution in [0.15, 0.2) is 18.2 Å². The summed E-state index contributed by atoms with van der Waals surface area (Å²) in [6, 6.07) is 4.89. The third-order valence-corrected chi connectivity index (χ3v) is 3.08. The van der Waals surface area contributed by atoms with Crippen molar-refractivity contribution in [3.63, 3.8) is 0 Å². The Labute approximate surface area is 100 Å². The molecular weight excluding hydrogens is 223 g/mol. The van der Waals surface area contributed by atoms with Crippen molar-refractivity contribution in [1.29, 1.82) is 0 Å². The zero-order valence-corrected chi connectivity index (χ0v) is 9.91. The maximum Gasteiger partial charge on any atom is 0.171 e. The van der Waals surface area contributed by atoms with Crippen LogP contribution in [0.5, 0.6) is 5.75 Å². The van der Waals surface area contributed by atoms with Crippen LogP contribution in [-0.2, 0) is 10.3 Å². The van der Waals surface area contributed by atoms with Gasteiger partial charge >= 0.3 is 0 Å². The van der Waals surface area contributed by atoms with E-state index >= 15 is 0 Å². The maximum absolute atomic E-state index is 14.2. The molecule has 1 N–H and O–H groups in total. The molecule has 0 aromatic heterocycles. The molecule has 0 amide bonds. The minimum Gasteiger partial charge on any atom is -0.491 e. The summed E-state index contributed by atoms with van der Waals surface area (Å²) < 4.78 is 24.5. The van der Waals surface area contributed by atoms with E-state index in [0.717, 1.165) is 0 Å². The van der Waals surface area contributed by atoms with Crippen molar-refractivity contribution in [1.82, 2.24) is 0 Å². The monoisotopic (exact) mass is 240 g/mol. The molecule has 1 aliphatic heterocycles. The van der Waals surface area contributed by atoms with Crippen molar-refractivity contribution in [3.05, 3.63) is 29.6 Å². The first kappa shape index (κ1) is 12.3. The molecule has 0 saturated carbocycles. The summed E-state index contributed by atoms with van der Waals surface area (Å²) >= 11 is 0. The number of aliphatic hydroxyl groups is 1. The Morgan fingerprint density at radius 2 is 2.12 bits per heavy atom. The lowest BCUT2D eigenvalue weighted by atomic mass is 9.86. The highest BCUT2D eigenvalue weighted by molar-refractivity contribution is 5.35. The zero-order valence-electron chi connectivity index (χ0n) is 9.91. The molecule has 0 aliphatic carbocycles. The van der Waals surface area contributed by atoms with E-state index in [4.69, 9.17) is 9.47 Å². The van der Waals surface area contributed by atoms with Gasteiger partial charge in [0.05, 0.1) is 12.2 Å². The van der Waals surface area contributed by atoms with Crippen molar-refractivity contribution in [2.75, 3.05) is 19.8 Å². The third kappa shape index (κ3) is 2.42. The Hall–Kier alpha value is -1.13. The Bertz CT molecular complexity index is 386. The van der Waals surface area contributed by atoms with Gasteiger partial charge in [0.1, 0.15) is 0 Å². The summed E-state index contributed by atoms with van der Waals surface area (Å²) in [6.45, 7) is 3.11. The van der Waals surface area contributed by atoms with Gasteiger partial charge in [-0.2, -0.15) is 0 Å². The summed E-state index contributed by atoms with van der Waals surface area (Å²) in [4.78, 5) is 0. The first-order valence-corrected chi connectivity index (χ1v) is 5.89. The molecule has 1 aromatic rings. The fourth-order valence-corrected chi connectivity index (χ4v) is 2.12. The largest absolute Gasteiger partial charge is 0.491 e. The van der Waals surface area contributed by atoms with Gasteiger partial charge in [0, 0.05) is 31.6 Å². The molecule has 1 aromatic carbocycles. The van der Waals surface area contributed by atoms with E-state index in [9.17, 15) is 9.50 Å². The quantitative estimate of drug-likeness (QED) is 0.880. The van der Waals surface area contributed by atoms with Gasteiger partial charge in [0.2, 0.25) is 0 Å². The maximum atomic E-state index is 14.2. The molecule has 94 valence electrons. The number of ether oxygens (including phenoxy) is 2. The van der Waals surface area contributed by atoms with Gasteiger partial charge in [-0.1, -0.05) is 12.1 Å². The molecule has 0 radical (unpaired) electrons. The molecule has 0 atom stereocenters. The van der Waals surface area contributed by atoms with E-state index in [-0.39, 0.29) is 5.75 Å². The highest BCUT2D eigenvalue weighted by atomic mass is 19.1. The standard InChI is InChI=1S/C13H17FO3/c1-2-17-11-5-3-4-10(12(11)14)13(15)6-8-16-9-7-13/h3-5,15H,2,6-9H2,1H3. The lowest BCUT2D eigenvalue weighted by Crippen LogP contribution is -2.34. The van der Waals surface area contributed by atoms with E-state index in [1.54, 1.807) is 25.1 Å². The summed E-state index contributed by atoms with van der Waals surface area (Å²) in [7, 11) is 0. The summed E-state index contributed by atoms with van der Waals surface area (Å²) in [5.41, 5.74) is -0.818. The van der Waals surface area contributed by atoms with Crippen LogP contribution >= 0.6 is 0 Å². The van der Waals surface area contributed by atoms with Crippen molar-refractivity contribution in [3.8, 4) is 5.75 Å². The number of halogens is 1. The first-order chi connectivity index (χ1) is 8.17. The molecule has 1 fully saturated rings. The van der Waals surface area contributed by atoms with Gasteiger partial charge in [0.25, 0.3) is 0 Å². The van der Waals surface area contributed by atoms with E-state index in [1.165, 1.54) is 0 Å². The second-order valence-corrected chi connectivity index (χ2v) is 4.19. The molecule has 1 heterocycles.